The first kappa shape index (κ1) is 9.96. The number of carbonyl (C=O) groups is 2. The number of allylic oxidation sites excluding steroid dienone is 2. The molecule has 1 aliphatic heterocycles. The van der Waals surface area contributed by atoms with E-state index < -0.39 is 5.97 Å². The molecular weight excluding hydrogens is 194 g/mol. The Morgan fingerprint density at radius 1 is 1.47 bits per heavy atom. The lowest BCUT2D eigenvalue weighted by Gasteiger charge is -2.34. The van der Waals surface area contributed by atoms with Gasteiger partial charge < -0.3 is 10.4 Å². The quantitative estimate of drug-likeness (QED) is 0.700. The van der Waals surface area contributed by atoms with Crippen LogP contribution in [0.2, 0.25) is 0 Å². The number of piperidine rings is 1. The predicted octanol–water partition coefficient (Wildman–Crippen LogP) is 0.708. The Hall–Kier alpha value is -1.58. The van der Waals surface area contributed by atoms with E-state index in [1.807, 2.05) is 24.3 Å². The monoisotopic (exact) mass is 207 g/mol. The summed E-state index contributed by atoms with van der Waals surface area (Å²) in [7, 11) is 0. The third-order valence-corrected chi connectivity index (χ3v) is 2.91. The second-order valence-electron chi connectivity index (χ2n) is 4.00. The van der Waals surface area contributed by atoms with Gasteiger partial charge in [0, 0.05) is 11.8 Å². The molecule has 80 valence electrons. The molecule has 15 heavy (non-hydrogen) atoms. The third kappa shape index (κ3) is 2.09. The van der Waals surface area contributed by atoms with Gasteiger partial charge in [-0.1, -0.05) is 24.3 Å². The topological polar surface area (TPSA) is 66.4 Å². The van der Waals surface area contributed by atoms with E-state index in [2.05, 4.69) is 5.32 Å². The number of carboxylic acid groups (broad SMARTS) is 1. The van der Waals surface area contributed by atoms with Gasteiger partial charge in [-0.15, -0.1) is 0 Å². The molecule has 2 rings (SSSR count). The maximum absolute atomic E-state index is 11.6. The summed E-state index contributed by atoms with van der Waals surface area (Å²) in [4.78, 5) is 22.1. The summed E-state index contributed by atoms with van der Waals surface area (Å²) in [5, 5.41) is 11.5. The van der Waals surface area contributed by atoms with E-state index in [0.29, 0.717) is 6.42 Å². The molecule has 2 N–H and O–H groups in total. The minimum Gasteiger partial charge on any atom is -0.481 e. The summed E-state index contributed by atoms with van der Waals surface area (Å²) >= 11 is 0. The molecule has 0 aromatic heterocycles. The Morgan fingerprint density at radius 2 is 2.20 bits per heavy atom. The lowest BCUT2D eigenvalue weighted by Crippen LogP contribution is -2.48. The van der Waals surface area contributed by atoms with Crippen molar-refractivity contribution in [3.05, 3.63) is 24.3 Å². The Bertz CT molecular complexity index is 346. The fourth-order valence-electron chi connectivity index (χ4n) is 2.14. The Morgan fingerprint density at radius 3 is 2.93 bits per heavy atom. The van der Waals surface area contributed by atoms with E-state index in [1.165, 1.54) is 0 Å². The van der Waals surface area contributed by atoms with Gasteiger partial charge in [-0.25, -0.2) is 0 Å². The van der Waals surface area contributed by atoms with Crippen molar-refractivity contribution in [3.63, 3.8) is 0 Å². The first-order chi connectivity index (χ1) is 7.16. The van der Waals surface area contributed by atoms with Crippen LogP contribution >= 0.6 is 0 Å². The standard InChI is InChI=1S/C11H13NO3/c13-10(14)6-8-5-7-3-1-2-4-9(7)12-11(8)15/h1-4,7-9H,5-6H2,(H,12,15)(H,13,14). The zero-order valence-electron chi connectivity index (χ0n) is 8.22. The van der Waals surface area contributed by atoms with Crippen LogP contribution in [0.5, 0.6) is 0 Å². The van der Waals surface area contributed by atoms with Crippen molar-refractivity contribution in [3.8, 4) is 0 Å². The van der Waals surface area contributed by atoms with Crippen LogP contribution in [0.1, 0.15) is 12.8 Å². The number of nitrogens with one attached hydrogen (secondary N) is 1. The second kappa shape index (κ2) is 3.88. The second-order valence-corrected chi connectivity index (χ2v) is 4.00. The van der Waals surface area contributed by atoms with Gasteiger partial charge in [-0.2, -0.15) is 0 Å². The summed E-state index contributed by atoms with van der Waals surface area (Å²) in [6.07, 6.45) is 8.37. The molecule has 0 radical (unpaired) electrons. The van der Waals surface area contributed by atoms with Gasteiger partial charge in [-0.3, -0.25) is 9.59 Å². The van der Waals surface area contributed by atoms with Crippen LogP contribution in [0.3, 0.4) is 0 Å². The van der Waals surface area contributed by atoms with Gasteiger partial charge >= 0.3 is 5.97 Å². The van der Waals surface area contributed by atoms with Crippen molar-refractivity contribution in [1.82, 2.24) is 5.32 Å². The highest BCUT2D eigenvalue weighted by Crippen LogP contribution is 2.28. The largest absolute Gasteiger partial charge is 0.481 e. The molecule has 0 aromatic rings. The van der Waals surface area contributed by atoms with Crippen LogP contribution < -0.4 is 5.32 Å². The van der Waals surface area contributed by atoms with E-state index >= 15 is 0 Å². The predicted molar refractivity (Wildman–Crippen MR) is 54.1 cm³/mol. The smallest absolute Gasteiger partial charge is 0.304 e. The summed E-state index contributed by atoms with van der Waals surface area (Å²) in [5.41, 5.74) is 0. The van der Waals surface area contributed by atoms with E-state index in [-0.39, 0.29) is 30.2 Å². The number of rotatable bonds is 2. The van der Waals surface area contributed by atoms with Gasteiger partial charge in [-0.05, 0) is 6.42 Å². The molecule has 2 aliphatic rings. The highest BCUT2D eigenvalue weighted by Gasteiger charge is 2.34. The van der Waals surface area contributed by atoms with Crippen LogP contribution in [0.4, 0.5) is 0 Å². The Labute approximate surface area is 87.7 Å². The van der Waals surface area contributed by atoms with Crippen LogP contribution in [-0.2, 0) is 9.59 Å². The van der Waals surface area contributed by atoms with Crippen LogP contribution in [-0.4, -0.2) is 23.0 Å². The average Bonchev–Trinajstić information content (AvgIpc) is 2.18. The molecule has 0 saturated carbocycles. The van der Waals surface area contributed by atoms with Gasteiger partial charge in [0.2, 0.25) is 5.91 Å². The molecular formula is C11H13NO3. The number of aliphatic carboxylic acids is 1. The van der Waals surface area contributed by atoms with Crippen molar-refractivity contribution >= 4 is 11.9 Å². The van der Waals surface area contributed by atoms with Crippen molar-refractivity contribution in [1.29, 1.82) is 0 Å². The maximum atomic E-state index is 11.6. The highest BCUT2D eigenvalue weighted by molar-refractivity contribution is 5.84. The van der Waals surface area contributed by atoms with E-state index in [1.54, 1.807) is 0 Å². The number of hydrogen-bond donors (Lipinski definition) is 2. The van der Waals surface area contributed by atoms with E-state index in [9.17, 15) is 9.59 Å². The van der Waals surface area contributed by atoms with Crippen LogP contribution in [0, 0.1) is 11.8 Å². The fourth-order valence-corrected chi connectivity index (χ4v) is 2.14. The normalized spacial score (nSPS) is 33.3. The lowest BCUT2D eigenvalue weighted by molar-refractivity contribution is -0.142. The average molecular weight is 207 g/mol. The number of hydrogen-bond acceptors (Lipinski definition) is 2. The zero-order valence-corrected chi connectivity index (χ0v) is 8.22. The van der Waals surface area contributed by atoms with Gasteiger partial charge in [0.05, 0.1) is 12.5 Å². The highest BCUT2D eigenvalue weighted by atomic mass is 16.4. The molecule has 0 bridgehead atoms. The lowest BCUT2D eigenvalue weighted by atomic mass is 9.81. The number of carbonyl (C=O) groups excluding carboxylic acids is 1. The molecule has 3 atom stereocenters. The van der Waals surface area contributed by atoms with Crippen LogP contribution in [0.25, 0.3) is 0 Å². The number of carboxylic acids is 1. The van der Waals surface area contributed by atoms with Gasteiger partial charge in [0.1, 0.15) is 0 Å². The molecule has 1 aliphatic carbocycles. The van der Waals surface area contributed by atoms with Gasteiger partial charge in [0.25, 0.3) is 0 Å². The fraction of sp³-hybridized carbons (Fsp3) is 0.455. The minimum absolute atomic E-state index is 0.0487. The molecule has 1 heterocycles. The first-order valence-corrected chi connectivity index (χ1v) is 5.04. The number of amides is 1. The molecule has 1 amide bonds. The summed E-state index contributed by atoms with van der Waals surface area (Å²) in [6.45, 7) is 0. The van der Waals surface area contributed by atoms with Crippen molar-refractivity contribution in [2.45, 2.75) is 18.9 Å². The van der Waals surface area contributed by atoms with Crippen molar-refractivity contribution in [2.24, 2.45) is 11.8 Å². The van der Waals surface area contributed by atoms with Crippen LogP contribution in [0.15, 0.2) is 24.3 Å². The maximum Gasteiger partial charge on any atom is 0.304 e. The van der Waals surface area contributed by atoms with Crippen molar-refractivity contribution < 1.29 is 14.7 Å². The SMILES string of the molecule is O=C(O)CC1CC2C=CC=CC2NC1=O. The molecule has 0 spiro atoms. The molecule has 3 unspecified atom stereocenters. The minimum atomic E-state index is -0.913. The Kier molecular flexibility index (Phi) is 2.58. The summed E-state index contributed by atoms with van der Waals surface area (Å²) in [6, 6.07) is 0.0487. The first-order valence-electron chi connectivity index (χ1n) is 5.04. The van der Waals surface area contributed by atoms with E-state index in [4.69, 9.17) is 5.11 Å². The summed E-state index contributed by atoms with van der Waals surface area (Å²) in [5.74, 6) is -1.19. The molecule has 4 heteroatoms. The Balaban J connectivity index is 2.06. The molecule has 0 aromatic carbocycles. The number of fused-ring (bicyclic) bond motifs is 1. The summed E-state index contributed by atoms with van der Waals surface area (Å²) < 4.78 is 0. The zero-order chi connectivity index (χ0) is 10.8. The molecule has 1 fully saturated rings. The third-order valence-electron chi connectivity index (χ3n) is 2.91. The van der Waals surface area contributed by atoms with Crippen molar-refractivity contribution in [2.75, 3.05) is 0 Å². The van der Waals surface area contributed by atoms with Gasteiger partial charge in [0.15, 0.2) is 0 Å². The van der Waals surface area contributed by atoms with E-state index in [0.717, 1.165) is 0 Å². The molecule has 4 nitrogen and oxygen atoms in total. The molecule has 1 saturated heterocycles.